The molecule has 4 rings (SSSR count). The molecule has 1 saturated heterocycles. The summed E-state index contributed by atoms with van der Waals surface area (Å²) in [6, 6.07) is 5.64. The fourth-order valence-electron chi connectivity index (χ4n) is 3.23. The number of furan rings is 1. The lowest BCUT2D eigenvalue weighted by molar-refractivity contribution is 0.0718. The van der Waals surface area contributed by atoms with Gasteiger partial charge in [-0.25, -0.2) is 4.98 Å². The topological polar surface area (TPSA) is 72.4 Å². The zero-order valence-corrected chi connectivity index (χ0v) is 15.2. The van der Waals surface area contributed by atoms with Gasteiger partial charge < -0.3 is 13.8 Å². The predicted molar refractivity (Wildman–Crippen MR) is 93.5 cm³/mol. The molecule has 130 valence electrons. The zero-order chi connectivity index (χ0) is 17.6. The first-order chi connectivity index (χ1) is 12.0. The van der Waals surface area contributed by atoms with E-state index in [2.05, 4.69) is 10.1 Å². The monoisotopic (exact) mass is 357 g/mol. The third-order valence-corrected chi connectivity index (χ3v) is 5.59. The number of likely N-dealkylation sites (tertiary alicyclic amines) is 1. The lowest BCUT2D eigenvalue weighted by Gasteiger charge is -2.22. The molecule has 7 heteroatoms. The van der Waals surface area contributed by atoms with Crippen molar-refractivity contribution in [2.75, 3.05) is 6.54 Å². The van der Waals surface area contributed by atoms with Crippen LogP contribution in [0.5, 0.6) is 0 Å². The van der Waals surface area contributed by atoms with Gasteiger partial charge in [0, 0.05) is 12.6 Å². The molecule has 3 aromatic rings. The van der Waals surface area contributed by atoms with Gasteiger partial charge in [0.05, 0.1) is 17.4 Å². The van der Waals surface area contributed by atoms with Gasteiger partial charge in [-0.3, -0.25) is 4.79 Å². The number of hydrogen-bond acceptors (Lipinski definition) is 6. The number of rotatable bonds is 3. The second-order valence-electron chi connectivity index (χ2n) is 6.37. The summed E-state index contributed by atoms with van der Waals surface area (Å²) >= 11 is 1.38. The van der Waals surface area contributed by atoms with Crippen LogP contribution in [0.2, 0.25) is 0 Å². The Kier molecular flexibility index (Phi) is 3.95. The van der Waals surface area contributed by atoms with Crippen LogP contribution in [0.3, 0.4) is 0 Å². The molecule has 0 radical (unpaired) electrons. The van der Waals surface area contributed by atoms with Crippen LogP contribution >= 0.6 is 11.3 Å². The molecule has 1 atom stereocenters. The second kappa shape index (κ2) is 6.15. The fourth-order valence-corrected chi connectivity index (χ4v) is 4.21. The summed E-state index contributed by atoms with van der Waals surface area (Å²) in [4.78, 5) is 20.2. The Morgan fingerprint density at radius 2 is 2.16 bits per heavy atom. The van der Waals surface area contributed by atoms with Crippen molar-refractivity contribution >= 4 is 17.2 Å². The maximum atomic E-state index is 13.1. The van der Waals surface area contributed by atoms with Crippen LogP contribution in [0.25, 0.3) is 10.8 Å². The van der Waals surface area contributed by atoms with Gasteiger partial charge >= 0.3 is 0 Å². The predicted octanol–water partition coefficient (Wildman–Crippen LogP) is 4.29. The number of aryl methyl sites for hydroxylation is 3. The Morgan fingerprint density at radius 3 is 2.84 bits per heavy atom. The van der Waals surface area contributed by atoms with Crippen molar-refractivity contribution in [1.82, 2.24) is 15.0 Å². The molecule has 1 aliphatic heterocycles. The van der Waals surface area contributed by atoms with Crippen molar-refractivity contribution in [1.29, 1.82) is 0 Å². The van der Waals surface area contributed by atoms with E-state index < -0.39 is 0 Å². The van der Waals surface area contributed by atoms with Crippen molar-refractivity contribution in [2.24, 2.45) is 0 Å². The van der Waals surface area contributed by atoms with E-state index in [1.54, 1.807) is 0 Å². The van der Waals surface area contributed by atoms with Gasteiger partial charge in [-0.05, 0) is 45.7 Å². The molecule has 25 heavy (non-hydrogen) atoms. The number of nitrogens with zero attached hydrogens (tertiary/aromatic N) is 3. The minimum absolute atomic E-state index is 0.00100. The second-order valence-corrected chi connectivity index (χ2v) is 7.37. The van der Waals surface area contributed by atoms with Gasteiger partial charge in [0.25, 0.3) is 5.91 Å². The number of thiazole rings is 1. The van der Waals surface area contributed by atoms with Gasteiger partial charge in [0.2, 0.25) is 0 Å². The summed E-state index contributed by atoms with van der Waals surface area (Å²) in [5.74, 6) is 2.29. The molecular weight excluding hydrogens is 338 g/mol. The Balaban J connectivity index is 1.63. The first kappa shape index (κ1) is 16.1. The SMILES string of the molecule is Cc1cc([C@@H]2CCCN2C(=O)c2sc(-c3ccc(C)o3)nc2C)on1. The molecule has 0 aliphatic carbocycles. The van der Waals surface area contributed by atoms with Crippen LogP contribution in [-0.4, -0.2) is 27.5 Å². The highest BCUT2D eigenvalue weighted by atomic mass is 32.1. The lowest BCUT2D eigenvalue weighted by atomic mass is 10.1. The number of aromatic nitrogens is 2. The van der Waals surface area contributed by atoms with Crippen molar-refractivity contribution in [3.8, 4) is 10.8 Å². The van der Waals surface area contributed by atoms with Gasteiger partial charge in [-0.15, -0.1) is 11.3 Å². The van der Waals surface area contributed by atoms with E-state index in [9.17, 15) is 4.79 Å². The average molecular weight is 357 g/mol. The molecule has 0 unspecified atom stereocenters. The van der Waals surface area contributed by atoms with Gasteiger partial charge in [0.15, 0.2) is 16.5 Å². The quantitative estimate of drug-likeness (QED) is 0.699. The van der Waals surface area contributed by atoms with Crippen LogP contribution in [0.15, 0.2) is 27.1 Å². The standard InChI is InChI=1S/C18H19N3O3S/c1-10-9-15(24-20-10)13-5-4-8-21(13)18(22)16-12(3)19-17(25-16)14-7-6-11(2)23-14/h6-7,9,13H,4-5,8H2,1-3H3/t13-/m0/s1. The normalized spacial score (nSPS) is 17.4. The van der Waals surface area contributed by atoms with Crippen molar-refractivity contribution in [3.63, 3.8) is 0 Å². The van der Waals surface area contributed by atoms with Gasteiger partial charge in [-0.2, -0.15) is 0 Å². The van der Waals surface area contributed by atoms with Crippen molar-refractivity contribution < 1.29 is 13.7 Å². The maximum Gasteiger partial charge on any atom is 0.266 e. The van der Waals surface area contributed by atoms with Crippen LogP contribution in [-0.2, 0) is 0 Å². The lowest BCUT2D eigenvalue weighted by Crippen LogP contribution is -2.30. The third-order valence-electron chi connectivity index (χ3n) is 4.43. The van der Waals surface area contributed by atoms with Crippen LogP contribution in [0.1, 0.15) is 51.5 Å². The Hall–Kier alpha value is -2.41. The summed E-state index contributed by atoms with van der Waals surface area (Å²) < 4.78 is 11.0. The van der Waals surface area contributed by atoms with Crippen molar-refractivity contribution in [3.05, 3.63) is 46.0 Å². The van der Waals surface area contributed by atoms with E-state index in [-0.39, 0.29) is 11.9 Å². The highest BCUT2D eigenvalue weighted by Crippen LogP contribution is 2.36. The van der Waals surface area contributed by atoms with E-state index in [0.717, 1.165) is 47.3 Å². The molecular formula is C18H19N3O3S. The number of carbonyl (C=O) groups excluding carboxylic acids is 1. The molecule has 6 nitrogen and oxygen atoms in total. The third kappa shape index (κ3) is 2.89. The minimum Gasteiger partial charge on any atom is -0.459 e. The van der Waals surface area contributed by atoms with Crippen LogP contribution < -0.4 is 0 Å². The Morgan fingerprint density at radius 1 is 1.32 bits per heavy atom. The molecule has 0 bridgehead atoms. The number of carbonyl (C=O) groups is 1. The summed E-state index contributed by atoms with van der Waals surface area (Å²) in [7, 11) is 0. The Bertz CT molecular complexity index is 924. The van der Waals surface area contributed by atoms with Crippen LogP contribution in [0.4, 0.5) is 0 Å². The number of amides is 1. The molecule has 0 aromatic carbocycles. The van der Waals surface area contributed by atoms with E-state index in [1.807, 2.05) is 43.9 Å². The van der Waals surface area contributed by atoms with E-state index in [4.69, 9.17) is 8.94 Å². The summed E-state index contributed by atoms with van der Waals surface area (Å²) in [6.07, 6.45) is 1.85. The molecule has 1 fully saturated rings. The smallest absolute Gasteiger partial charge is 0.266 e. The molecule has 1 aliphatic rings. The molecule has 0 spiro atoms. The molecule has 1 amide bonds. The maximum absolute atomic E-state index is 13.1. The van der Waals surface area contributed by atoms with E-state index in [1.165, 1.54) is 11.3 Å². The average Bonchev–Trinajstić information content (AvgIpc) is 3.32. The molecule has 4 heterocycles. The molecule has 3 aromatic heterocycles. The molecule has 0 N–H and O–H groups in total. The molecule has 0 saturated carbocycles. The van der Waals surface area contributed by atoms with E-state index >= 15 is 0 Å². The largest absolute Gasteiger partial charge is 0.459 e. The van der Waals surface area contributed by atoms with E-state index in [0.29, 0.717) is 10.6 Å². The summed E-state index contributed by atoms with van der Waals surface area (Å²) in [5, 5.41) is 4.69. The summed E-state index contributed by atoms with van der Waals surface area (Å²) in [6.45, 7) is 6.37. The van der Waals surface area contributed by atoms with Gasteiger partial charge in [-0.1, -0.05) is 5.16 Å². The number of hydrogen-bond donors (Lipinski definition) is 0. The summed E-state index contributed by atoms with van der Waals surface area (Å²) in [5.41, 5.74) is 1.57. The fraction of sp³-hybridized carbons (Fsp3) is 0.389. The van der Waals surface area contributed by atoms with Gasteiger partial charge in [0.1, 0.15) is 10.6 Å². The van der Waals surface area contributed by atoms with Crippen molar-refractivity contribution in [2.45, 2.75) is 39.7 Å². The highest BCUT2D eigenvalue weighted by molar-refractivity contribution is 7.17. The zero-order valence-electron chi connectivity index (χ0n) is 14.4. The van der Waals surface area contributed by atoms with Crippen LogP contribution in [0, 0.1) is 20.8 Å². The Labute approximate surface area is 149 Å². The first-order valence-corrected chi connectivity index (χ1v) is 9.13. The minimum atomic E-state index is -0.0514. The highest BCUT2D eigenvalue weighted by Gasteiger charge is 2.35. The first-order valence-electron chi connectivity index (χ1n) is 8.31.